The van der Waals surface area contributed by atoms with Crippen LogP contribution in [0.25, 0.3) is 0 Å². The van der Waals surface area contributed by atoms with Gasteiger partial charge >= 0.3 is 0 Å². The van der Waals surface area contributed by atoms with E-state index in [2.05, 4.69) is 29.2 Å². The fraction of sp³-hybridized carbons (Fsp3) is 0.409. The van der Waals surface area contributed by atoms with Crippen LogP contribution < -0.4 is 4.90 Å². The summed E-state index contributed by atoms with van der Waals surface area (Å²) in [5, 5.41) is 0. The average Bonchev–Trinajstić information content (AvgIpc) is 3.12. The number of nitrogens with zero attached hydrogens (tertiary/aromatic N) is 2. The first-order chi connectivity index (χ1) is 12.8. The maximum Gasteiger partial charge on any atom is 0.241 e. The molecular weight excluding hydrogens is 324 g/mol. The smallest absolute Gasteiger partial charge is 0.241 e. The van der Waals surface area contributed by atoms with Crippen molar-refractivity contribution in [2.24, 2.45) is 0 Å². The number of benzene rings is 2. The SMILES string of the molecule is O=C(CN1CCC(OCc2ccccc2)CC1)N1CCc2ccccc21. The summed E-state index contributed by atoms with van der Waals surface area (Å²) in [6, 6.07) is 18.6. The van der Waals surface area contributed by atoms with Crippen LogP contribution >= 0.6 is 0 Å². The largest absolute Gasteiger partial charge is 0.373 e. The minimum atomic E-state index is 0.221. The number of amides is 1. The molecule has 0 radical (unpaired) electrons. The molecule has 0 spiro atoms. The van der Waals surface area contributed by atoms with Gasteiger partial charge < -0.3 is 9.64 Å². The molecule has 2 heterocycles. The van der Waals surface area contributed by atoms with E-state index < -0.39 is 0 Å². The van der Waals surface area contributed by atoms with Crippen LogP contribution in [-0.4, -0.2) is 43.1 Å². The lowest BCUT2D eigenvalue weighted by atomic mass is 10.1. The zero-order valence-corrected chi connectivity index (χ0v) is 15.1. The van der Waals surface area contributed by atoms with Crippen molar-refractivity contribution >= 4 is 11.6 Å². The lowest BCUT2D eigenvalue weighted by molar-refractivity contribution is -0.120. The average molecular weight is 350 g/mol. The van der Waals surface area contributed by atoms with Crippen LogP contribution in [0.3, 0.4) is 0 Å². The highest BCUT2D eigenvalue weighted by molar-refractivity contribution is 5.96. The molecule has 0 aromatic heterocycles. The zero-order chi connectivity index (χ0) is 17.8. The Morgan fingerprint density at radius 1 is 0.962 bits per heavy atom. The number of fused-ring (bicyclic) bond motifs is 1. The highest BCUT2D eigenvalue weighted by Gasteiger charge is 2.27. The topological polar surface area (TPSA) is 32.8 Å². The van der Waals surface area contributed by atoms with E-state index in [1.165, 1.54) is 11.1 Å². The van der Waals surface area contributed by atoms with Gasteiger partial charge in [0.15, 0.2) is 0 Å². The molecule has 0 unspecified atom stereocenters. The van der Waals surface area contributed by atoms with Gasteiger partial charge in [-0.05, 0) is 36.5 Å². The van der Waals surface area contributed by atoms with Crippen molar-refractivity contribution in [3.8, 4) is 0 Å². The van der Waals surface area contributed by atoms with Crippen LogP contribution in [0.1, 0.15) is 24.0 Å². The van der Waals surface area contributed by atoms with E-state index in [0.717, 1.165) is 44.6 Å². The fourth-order valence-electron chi connectivity index (χ4n) is 3.90. The normalized spacial score (nSPS) is 18.1. The maximum absolute atomic E-state index is 12.7. The molecule has 0 N–H and O–H groups in total. The number of carbonyl (C=O) groups excluding carboxylic acids is 1. The third-order valence-electron chi connectivity index (χ3n) is 5.41. The fourth-order valence-corrected chi connectivity index (χ4v) is 3.90. The van der Waals surface area contributed by atoms with Gasteiger partial charge in [0, 0.05) is 25.3 Å². The Kier molecular flexibility index (Phi) is 5.32. The van der Waals surface area contributed by atoms with Crippen molar-refractivity contribution in [1.82, 2.24) is 4.90 Å². The Labute approximate surface area is 155 Å². The molecular formula is C22H26N2O2. The van der Waals surface area contributed by atoms with E-state index in [4.69, 9.17) is 4.74 Å². The van der Waals surface area contributed by atoms with Crippen LogP contribution in [-0.2, 0) is 22.6 Å². The van der Waals surface area contributed by atoms with E-state index in [0.29, 0.717) is 19.3 Å². The lowest BCUT2D eigenvalue weighted by Crippen LogP contribution is -2.44. The predicted octanol–water partition coefficient (Wildman–Crippen LogP) is 3.26. The first-order valence-corrected chi connectivity index (χ1v) is 9.56. The van der Waals surface area contributed by atoms with E-state index >= 15 is 0 Å². The zero-order valence-electron chi connectivity index (χ0n) is 15.1. The minimum Gasteiger partial charge on any atom is -0.373 e. The van der Waals surface area contributed by atoms with Crippen molar-refractivity contribution in [3.05, 3.63) is 65.7 Å². The number of para-hydroxylation sites is 1. The van der Waals surface area contributed by atoms with Crippen LogP contribution in [0.5, 0.6) is 0 Å². The van der Waals surface area contributed by atoms with E-state index in [1.54, 1.807) is 0 Å². The van der Waals surface area contributed by atoms with Crippen molar-refractivity contribution < 1.29 is 9.53 Å². The molecule has 2 aliphatic heterocycles. The summed E-state index contributed by atoms with van der Waals surface area (Å²) in [5.74, 6) is 0.221. The predicted molar refractivity (Wildman–Crippen MR) is 103 cm³/mol. The van der Waals surface area contributed by atoms with Gasteiger partial charge in [-0.2, -0.15) is 0 Å². The molecule has 2 aromatic rings. The molecule has 26 heavy (non-hydrogen) atoms. The summed E-state index contributed by atoms with van der Waals surface area (Å²) < 4.78 is 6.05. The molecule has 136 valence electrons. The summed E-state index contributed by atoms with van der Waals surface area (Å²) in [5.41, 5.74) is 3.60. The molecule has 0 saturated carbocycles. The Morgan fingerprint density at radius 3 is 2.50 bits per heavy atom. The van der Waals surface area contributed by atoms with E-state index in [-0.39, 0.29) is 5.91 Å². The number of carbonyl (C=O) groups is 1. The van der Waals surface area contributed by atoms with Gasteiger partial charge in [0.25, 0.3) is 0 Å². The number of piperidine rings is 1. The second-order valence-corrected chi connectivity index (χ2v) is 7.20. The summed E-state index contributed by atoms with van der Waals surface area (Å²) in [7, 11) is 0. The number of hydrogen-bond acceptors (Lipinski definition) is 3. The molecule has 0 bridgehead atoms. The maximum atomic E-state index is 12.7. The highest BCUT2D eigenvalue weighted by atomic mass is 16.5. The molecule has 1 fully saturated rings. The van der Waals surface area contributed by atoms with Gasteiger partial charge in [-0.3, -0.25) is 9.69 Å². The Morgan fingerprint density at radius 2 is 1.69 bits per heavy atom. The lowest BCUT2D eigenvalue weighted by Gasteiger charge is -2.32. The summed E-state index contributed by atoms with van der Waals surface area (Å²) in [6.45, 7) is 3.87. The molecule has 2 aliphatic rings. The molecule has 1 saturated heterocycles. The van der Waals surface area contributed by atoms with Crippen molar-refractivity contribution in [1.29, 1.82) is 0 Å². The summed E-state index contributed by atoms with van der Waals surface area (Å²) in [4.78, 5) is 16.9. The second-order valence-electron chi connectivity index (χ2n) is 7.20. The number of likely N-dealkylation sites (tertiary alicyclic amines) is 1. The third-order valence-corrected chi connectivity index (χ3v) is 5.41. The van der Waals surface area contributed by atoms with Crippen LogP contribution in [0.4, 0.5) is 5.69 Å². The minimum absolute atomic E-state index is 0.221. The molecule has 0 aliphatic carbocycles. The van der Waals surface area contributed by atoms with E-state index in [1.807, 2.05) is 35.2 Å². The van der Waals surface area contributed by atoms with E-state index in [9.17, 15) is 4.79 Å². The molecule has 4 heteroatoms. The van der Waals surface area contributed by atoms with Gasteiger partial charge in [-0.25, -0.2) is 0 Å². The standard InChI is InChI=1S/C22H26N2O2/c25-22(24-15-10-19-8-4-5-9-21(19)24)16-23-13-11-20(12-14-23)26-17-18-6-2-1-3-7-18/h1-9,20H,10-17H2. The monoisotopic (exact) mass is 350 g/mol. The van der Waals surface area contributed by atoms with Gasteiger partial charge in [0.05, 0.1) is 19.3 Å². The Balaban J connectivity index is 1.23. The molecule has 4 nitrogen and oxygen atoms in total. The quantitative estimate of drug-likeness (QED) is 0.830. The third kappa shape index (κ3) is 3.97. The Hall–Kier alpha value is -2.17. The Bertz CT molecular complexity index is 739. The van der Waals surface area contributed by atoms with Crippen LogP contribution in [0.15, 0.2) is 54.6 Å². The van der Waals surface area contributed by atoms with Crippen molar-refractivity contribution in [2.75, 3.05) is 31.1 Å². The summed E-state index contributed by atoms with van der Waals surface area (Å²) >= 11 is 0. The first-order valence-electron chi connectivity index (χ1n) is 9.56. The molecule has 4 rings (SSSR count). The second kappa shape index (κ2) is 8.02. The number of anilines is 1. The summed E-state index contributed by atoms with van der Waals surface area (Å²) in [6.07, 6.45) is 3.26. The van der Waals surface area contributed by atoms with Crippen molar-refractivity contribution in [2.45, 2.75) is 32.0 Å². The first kappa shape index (κ1) is 17.3. The van der Waals surface area contributed by atoms with Gasteiger partial charge in [-0.1, -0.05) is 48.5 Å². The molecule has 0 atom stereocenters. The van der Waals surface area contributed by atoms with Gasteiger partial charge in [-0.15, -0.1) is 0 Å². The van der Waals surface area contributed by atoms with Crippen LogP contribution in [0.2, 0.25) is 0 Å². The van der Waals surface area contributed by atoms with Gasteiger partial charge in [0.2, 0.25) is 5.91 Å². The molecule has 1 amide bonds. The number of rotatable bonds is 5. The molecule has 2 aromatic carbocycles. The highest BCUT2D eigenvalue weighted by Crippen LogP contribution is 2.27. The number of hydrogen-bond donors (Lipinski definition) is 0. The van der Waals surface area contributed by atoms with Crippen molar-refractivity contribution in [3.63, 3.8) is 0 Å². The van der Waals surface area contributed by atoms with Gasteiger partial charge in [0.1, 0.15) is 0 Å². The number of ether oxygens (including phenoxy) is 1. The van der Waals surface area contributed by atoms with Crippen LogP contribution in [0, 0.1) is 0 Å².